The summed E-state index contributed by atoms with van der Waals surface area (Å²) in [6, 6.07) is 7.12. The maximum Gasteiger partial charge on any atom is 0.228 e. The standard InChI is InChI=1S/C14H16N2O3S/c15-8-3-5-11-4-1-2-6-13(11)16-14(17)12-7-9-20(18,19)10-12/h1-2,4,6,12H,7-10,15H2,(H,16,17). The van der Waals surface area contributed by atoms with Crippen LogP contribution in [-0.4, -0.2) is 32.4 Å². The third-order valence-corrected chi connectivity index (χ3v) is 4.88. The predicted octanol–water partition coefficient (Wildman–Crippen LogP) is 0.370. The van der Waals surface area contributed by atoms with E-state index < -0.39 is 15.8 Å². The normalized spacial score (nSPS) is 19.9. The number of nitrogens with two attached hydrogens (primary N) is 1. The van der Waals surface area contributed by atoms with E-state index in [-0.39, 0.29) is 24.0 Å². The maximum absolute atomic E-state index is 12.1. The number of carbonyl (C=O) groups is 1. The Kier molecular flexibility index (Phi) is 4.42. The van der Waals surface area contributed by atoms with Crippen LogP contribution in [0.4, 0.5) is 5.69 Å². The first-order chi connectivity index (χ1) is 9.52. The van der Waals surface area contributed by atoms with E-state index in [2.05, 4.69) is 17.2 Å². The summed E-state index contributed by atoms with van der Waals surface area (Å²) in [6.07, 6.45) is 0.380. The first-order valence-electron chi connectivity index (χ1n) is 6.31. The molecule has 0 saturated carbocycles. The van der Waals surface area contributed by atoms with Crippen LogP contribution in [0, 0.1) is 17.8 Å². The lowest BCUT2D eigenvalue weighted by atomic mass is 10.1. The Labute approximate surface area is 118 Å². The smallest absolute Gasteiger partial charge is 0.228 e. The average molecular weight is 292 g/mol. The van der Waals surface area contributed by atoms with Crippen LogP contribution in [0.2, 0.25) is 0 Å². The quantitative estimate of drug-likeness (QED) is 0.771. The van der Waals surface area contributed by atoms with Crippen molar-refractivity contribution in [3.63, 3.8) is 0 Å². The third-order valence-electron chi connectivity index (χ3n) is 3.11. The number of sulfone groups is 1. The number of carbonyl (C=O) groups excluding carboxylic acids is 1. The molecule has 106 valence electrons. The zero-order chi connectivity index (χ0) is 14.6. The predicted molar refractivity (Wildman–Crippen MR) is 77.8 cm³/mol. The minimum atomic E-state index is -3.06. The lowest BCUT2D eigenvalue weighted by Crippen LogP contribution is -2.24. The van der Waals surface area contributed by atoms with Crippen molar-refractivity contribution in [1.29, 1.82) is 0 Å². The highest BCUT2D eigenvalue weighted by Gasteiger charge is 2.33. The van der Waals surface area contributed by atoms with Crippen LogP contribution in [0.3, 0.4) is 0 Å². The molecular weight excluding hydrogens is 276 g/mol. The number of hydrogen-bond acceptors (Lipinski definition) is 4. The van der Waals surface area contributed by atoms with E-state index in [1.165, 1.54) is 0 Å². The molecule has 1 aliphatic heterocycles. The van der Waals surface area contributed by atoms with Gasteiger partial charge in [0.1, 0.15) is 0 Å². The molecule has 1 amide bonds. The Balaban J connectivity index is 2.12. The molecule has 1 aliphatic rings. The molecule has 1 fully saturated rings. The molecule has 0 spiro atoms. The molecule has 1 aromatic rings. The van der Waals surface area contributed by atoms with Crippen LogP contribution in [-0.2, 0) is 14.6 Å². The van der Waals surface area contributed by atoms with Gasteiger partial charge in [0, 0.05) is 5.56 Å². The molecule has 6 heteroatoms. The van der Waals surface area contributed by atoms with Gasteiger partial charge in [-0.3, -0.25) is 4.79 Å². The largest absolute Gasteiger partial charge is 0.325 e. The number of nitrogens with one attached hydrogen (secondary N) is 1. The fraction of sp³-hybridized carbons (Fsp3) is 0.357. The van der Waals surface area contributed by atoms with Gasteiger partial charge in [0.2, 0.25) is 5.91 Å². The average Bonchev–Trinajstić information content (AvgIpc) is 2.78. The molecule has 0 aromatic heterocycles. The highest BCUT2D eigenvalue weighted by molar-refractivity contribution is 7.91. The molecule has 1 heterocycles. The minimum absolute atomic E-state index is 0.0739. The van der Waals surface area contributed by atoms with Crippen molar-refractivity contribution in [3.8, 4) is 11.8 Å². The zero-order valence-electron chi connectivity index (χ0n) is 10.9. The zero-order valence-corrected chi connectivity index (χ0v) is 11.7. The van der Waals surface area contributed by atoms with E-state index >= 15 is 0 Å². The monoisotopic (exact) mass is 292 g/mol. The van der Waals surface area contributed by atoms with Crippen LogP contribution < -0.4 is 11.1 Å². The summed E-state index contributed by atoms with van der Waals surface area (Å²) >= 11 is 0. The van der Waals surface area contributed by atoms with Gasteiger partial charge < -0.3 is 11.1 Å². The number of benzene rings is 1. The van der Waals surface area contributed by atoms with Gasteiger partial charge in [-0.05, 0) is 18.6 Å². The molecule has 2 rings (SSSR count). The summed E-state index contributed by atoms with van der Waals surface area (Å²) in [6.45, 7) is 0.239. The second kappa shape index (κ2) is 6.07. The summed E-state index contributed by atoms with van der Waals surface area (Å²) in [5, 5.41) is 2.75. The molecule has 1 atom stereocenters. The van der Waals surface area contributed by atoms with Crippen LogP contribution in [0.1, 0.15) is 12.0 Å². The second-order valence-electron chi connectivity index (χ2n) is 4.64. The van der Waals surface area contributed by atoms with Crippen molar-refractivity contribution in [2.75, 3.05) is 23.4 Å². The van der Waals surface area contributed by atoms with Crippen molar-refractivity contribution in [2.45, 2.75) is 6.42 Å². The minimum Gasteiger partial charge on any atom is -0.325 e. The van der Waals surface area contributed by atoms with Gasteiger partial charge in [-0.1, -0.05) is 24.0 Å². The molecule has 1 saturated heterocycles. The summed E-state index contributed by atoms with van der Waals surface area (Å²) in [7, 11) is -3.06. The fourth-order valence-electron chi connectivity index (χ4n) is 2.08. The molecule has 1 unspecified atom stereocenters. The Morgan fingerprint density at radius 1 is 1.40 bits per heavy atom. The topological polar surface area (TPSA) is 89.3 Å². The Hall–Kier alpha value is -1.84. The number of amides is 1. The van der Waals surface area contributed by atoms with Gasteiger partial charge in [0.15, 0.2) is 9.84 Å². The third kappa shape index (κ3) is 3.59. The first kappa shape index (κ1) is 14.6. The SMILES string of the molecule is NCC#Cc1ccccc1NC(=O)C1CCS(=O)(=O)C1. The van der Waals surface area contributed by atoms with Crippen molar-refractivity contribution in [2.24, 2.45) is 11.7 Å². The Morgan fingerprint density at radius 2 is 2.15 bits per heavy atom. The van der Waals surface area contributed by atoms with Crippen LogP contribution in [0.25, 0.3) is 0 Å². The van der Waals surface area contributed by atoms with E-state index in [0.717, 1.165) is 0 Å². The molecule has 1 aromatic carbocycles. The molecule has 3 N–H and O–H groups in total. The maximum atomic E-state index is 12.1. The summed E-state index contributed by atoms with van der Waals surface area (Å²) in [5.41, 5.74) is 6.59. The molecule has 0 aliphatic carbocycles. The van der Waals surface area contributed by atoms with Gasteiger partial charge in [0.25, 0.3) is 0 Å². The van der Waals surface area contributed by atoms with Gasteiger partial charge in [0.05, 0.1) is 29.7 Å². The number of anilines is 1. The highest BCUT2D eigenvalue weighted by atomic mass is 32.2. The van der Waals surface area contributed by atoms with Crippen molar-refractivity contribution >= 4 is 21.4 Å². The van der Waals surface area contributed by atoms with Crippen molar-refractivity contribution in [1.82, 2.24) is 0 Å². The van der Waals surface area contributed by atoms with E-state index in [4.69, 9.17) is 5.73 Å². The molecule has 5 nitrogen and oxygen atoms in total. The van der Waals surface area contributed by atoms with E-state index in [1.54, 1.807) is 18.2 Å². The molecule has 20 heavy (non-hydrogen) atoms. The van der Waals surface area contributed by atoms with E-state index in [1.807, 2.05) is 6.07 Å². The Morgan fingerprint density at radius 3 is 2.80 bits per heavy atom. The summed E-state index contributed by atoms with van der Waals surface area (Å²) in [4.78, 5) is 12.1. The lowest BCUT2D eigenvalue weighted by Gasteiger charge is -2.10. The first-order valence-corrected chi connectivity index (χ1v) is 8.13. The number of rotatable bonds is 2. The van der Waals surface area contributed by atoms with Gasteiger partial charge in [-0.25, -0.2) is 8.42 Å². The fourth-order valence-corrected chi connectivity index (χ4v) is 3.83. The highest BCUT2D eigenvalue weighted by Crippen LogP contribution is 2.21. The van der Waals surface area contributed by atoms with Crippen molar-refractivity contribution < 1.29 is 13.2 Å². The van der Waals surface area contributed by atoms with E-state index in [9.17, 15) is 13.2 Å². The number of para-hydroxylation sites is 1. The Bertz CT molecular complexity index is 671. The van der Waals surface area contributed by atoms with Crippen LogP contribution in [0.15, 0.2) is 24.3 Å². The van der Waals surface area contributed by atoms with Crippen LogP contribution >= 0.6 is 0 Å². The van der Waals surface area contributed by atoms with Gasteiger partial charge in [-0.15, -0.1) is 0 Å². The molecule has 0 bridgehead atoms. The second-order valence-corrected chi connectivity index (χ2v) is 6.87. The summed E-state index contributed by atoms with van der Waals surface area (Å²) < 4.78 is 22.8. The molecule has 0 radical (unpaired) electrons. The van der Waals surface area contributed by atoms with E-state index in [0.29, 0.717) is 17.7 Å². The number of hydrogen-bond donors (Lipinski definition) is 2. The summed E-state index contributed by atoms with van der Waals surface area (Å²) in [5.74, 6) is 4.87. The molecular formula is C14H16N2O3S. The van der Waals surface area contributed by atoms with Crippen LogP contribution in [0.5, 0.6) is 0 Å². The lowest BCUT2D eigenvalue weighted by molar-refractivity contribution is -0.119. The van der Waals surface area contributed by atoms with Gasteiger partial charge in [-0.2, -0.15) is 0 Å². The van der Waals surface area contributed by atoms with Crippen molar-refractivity contribution in [3.05, 3.63) is 29.8 Å². The van der Waals surface area contributed by atoms with Gasteiger partial charge >= 0.3 is 0 Å².